The third kappa shape index (κ3) is 5.27. The summed E-state index contributed by atoms with van der Waals surface area (Å²) in [6, 6.07) is 18.1. The molecule has 0 fully saturated rings. The fraction of sp³-hybridized carbons (Fsp3) is 0.278. The van der Waals surface area contributed by atoms with Crippen LogP contribution in [0.2, 0.25) is 0 Å². The first-order valence-electron chi connectivity index (χ1n) is 7.24. The van der Waals surface area contributed by atoms with Gasteiger partial charge in [0.2, 0.25) is 5.91 Å². The van der Waals surface area contributed by atoms with Gasteiger partial charge < -0.3 is 5.32 Å². The molecule has 2 aromatic rings. The lowest BCUT2D eigenvalue weighted by molar-refractivity contribution is -0.120. The van der Waals surface area contributed by atoms with E-state index in [1.54, 1.807) is 0 Å². The lowest BCUT2D eigenvalue weighted by atomic mass is 9.98. The molecule has 0 spiro atoms. The van der Waals surface area contributed by atoms with Crippen LogP contribution in [-0.2, 0) is 11.2 Å². The average Bonchev–Trinajstić information content (AvgIpc) is 2.50. The maximum absolute atomic E-state index is 11.9. The second-order valence-electron chi connectivity index (χ2n) is 5.29. The molecule has 0 aliphatic heterocycles. The van der Waals surface area contributed by atoms with Crippen molar-refractivity contribution in [3.05, 3.63) is 65.7 Å². The zero-order chi connectivity index (χ0) is 15.1. The van der Waals surface area contributed by atoms with E-state index >= 15 is 0 Å². The van der Waals surface area contributed by atoms with Crippen LogP contribution in [0.4, 0.5) is 0 Å². The van der Waals surface area contributed by atoms with Crippen LogP contribution in [-0.4, -0.2) is 12.5 Å². The number of thiol groups is 1. The Kier molecular flexibility index (Phi) is 5.88. The van der Waals surface area contributed by atoms with Crippen LogP contribution >= 0.6 is 12.6 Å². The second kappa shape index (κ2) is 7.89. The number of hydrogen-bond donors (Lipinski definition) is 2. The average molecular weight is 299 g/mol. The van der Waals surface area contributed by atoms with E-state index in [9.17, 15) is 4.79 Å². The molecule has 1 unspecified atom stereocenters. The lowest BCUT2D eigenvalue weighted by Gasteiger charge is -2.12. The van der Waals surface area contributed by atoms with Crippen LogP contribution in [0.1, 0.15) is 30.4 Å². The summed E-state index contributed by atoms with van der Waals surface area (Å²) in [4.78, 5) is 12.8. The Morgan fingerprint density at radius 2 is 1.76 bits per heavy atom. The van der Waals surface area contributed by atoms with Crippen LogP contribution in [0, 0.1) is 0 Å². The molecule has 0 saturated heterocycles. The highest BCUT2D eigenvalue weighted by Crippen LogP contribution is 2.17. The topological polar surface area (TPSA) is 29.1 Å². The predicted molar refractivity (Wildman–Crippen MR) is 89.9 cm³/mol. The normalized spacial score (nSPS) is 11.9. The highest BCUT2D eigenvalue weighted by molar-refractivity contribution is 7.80. The second-order valence-corrected chi connectivity index (χ2v) is 5.81. The van der Waals surface area contributed by atoms with Crippen molar-refractivity contribution in [3.63, 3.8) is 0 Å². The molecule has 21 heavy (non-hydrogen) atoms. The van der Waals surface area contributed by atoms with Gasteiger partial charge in [-0.1, -0.05) is 49.4 Å². The molecule has 0 bridgehead atoms. The van der Waals surface area contributed by atoms with Crippen LogP contribution in [0.15, 0.2) is 59.5 Å². The van der Waals surface area contributed by atoms with Crippen molar-refractivity contribution >= 4 is 18.5 Å². The van der Waals surface area contributed by atoms with E-state index in [-0.39, 0.29) is 5.91 Å². The summed E-state index contributed by atoms with van der Waals surface area (Å²) in [7, 11) is 0. The van der Waals surface area contributed by atoms with Crippen molar-refractivity contribution in [1.82, 2.24) is 5.32 Å². The van der Waals surface area contributed by atoms with Crippen molar-refractivity contribution in [2.75, 3.05) is 6.54 Å². The minimum Gasteiger partial charge on any atom is -0.356 e. The fourth-order valence-corrected chi connectivity index (χ4v) is 2.39. The SMILES string of the molecule is CC(CCNC(=O)Cc1ccc(S)cc1)c1ccccc1. The number of amides is 1. The van der Waals surface area contributed by atoms with E-state index in [4.69, 9.17) is 0 Å². The van der Waals surface area contributed by atoms with Gasteiger partial charge in [-0.15, -0.1) is 12.6 Å². The van der Waals surface area contributed by atoms with E-state index in [0.717, 1.165) is 16.9 Å². The smallest absolute Gasteiger partial charge is 0.224 e. The fourth-order valence-electron chi connectivity index (χ4n) is 2.24. The minimum absolute atomic E-state index is 0.0715. The molecule has 2 nitrogen and oxygen atoms in total. The molecule has 1 N–H and O–H groups in total. The van der Waals surface area contributed by atoms with Gasteiger partial charge in [0.15, 0.2) is 0 Å². The largest absolute Gasteiger partial charge is 0.356 e. The first-order valence-corrected chi connectivity index (χ1v) is 7.69. The third-order valence-electron chi connectivity index (χ3n) is 3.57. The number of hydrogen-bond acceptors (Lipinski definition) is 2. The Labute approximate surface area is 132 Å². The highest BCUT2D eigenvalue weighted by Gasteiger charge is 2.07. The summed E-state index contributed by atoms with van der Waals surface area (Å²) in [5, 5.41) is 2.99. The molecular weight excluding hydrogens is 278 g/mol. The molecule has 0 radical (unpaired) electrons. The lowest BCUT2D eigenvalue weighted by Crippen LogP contribution is -2.26. The zero-order valence-corrected chi connectivity index (χ0v) is 13.1. The molecule has 110 valence electrons. The summed E-state index contributed by atoms with van der Waals surface area (Å²) >= 11 is 4.24. The molecule has 3 heteroatoms. The van der Waals surface area contributed by atoms with Gasteiger partial charge in [0, 0.05) is 11.4 Å². The number of carbonyl (C=O) groups is 1. The monoisotopic (exact) mass is 299 g/mol. The van der Waals surface area contributed by atoms with E-state index in [2.05, 4.69) is 49.1 Å². The standard InChI is InChI=1S/C18H21NOS/c1-14(16-5-3-2-4-6-16)11-12-19-18(20)13-15-7-9-17(21)10-8-15/h2-10,14,21H,11-13H2,1H3,(H,19,20). The van der Waals surface area contributed by atoms with Gasteiger partial charge in [-0.3, -0.25) is 4.79 Å². The molecule has 1 atom stereocenters. The van der Waals surface area contributed by atoms with Crippen LogP contribution in [0.5, 0.6) is 0 Å². The number of nitrogens with one attached hydrogen (secondary N) is 1. The number of rotatable bonds is 6. The molecule has 2 aromatic carbocycles. The summed E-state index contributed by atoms with van der Waals surface area (Å²) in [6.07, 6.45) is 1.37. The Bertz CT molecular complexity index is 566. The van der Waals surface area contributed by atoms with E-state index in [1.807, 2.05) is 30.3 Å². The molecule has 2 rings (SSSR count). The Hall–Kier alpha value is -1.74. The van der Waals surface area contributed by atoms with Crippen molar-refractivity contribution in [2.24, 2.45) is 0 Å². The zero-order valence-electron chi connectivity index (χ0n) is 12.3. The Balaban J connectivity index is 1.73. The minimum atomic E-state index is 0.0715. The maximum Gasteiger partial charge on any atom is 0.224 e. The van der Waals surface area contributed by atoms with Gasteiger partial charge in [0.05, 0.1) is 6.42 Å². The van der Waals surface area contributed by atoms with Crippen LogP contribution in [0.3, 0.4) is 0 Å². The van der Waals surface area contributed by atoms with Crippen LogP contribution in [0.25, 0.3) is 0 Å². The molecule has 0 aliphatic carbocycles. The van der Waals surface area contributed by atoms with Crippen molar-refractivity contribution < 1.29 is 4.79 Å². The Morgan fingerprint density at radius 1 is 1.10 bits per heavy atom. The van der Waals surface area contributed by atoms with E-state index < -0.39 is 0 Å². The molecule has 0 aliphatic rings. The van der Waals surface area contributed by atoms with Gasteiger partial charge in [-0.2, -0.15) is 0 Å². The quantitative estimate of drug-likeness (QED) is 0.780. The third-order valence-corrected chi connectivity index (χ3v) is 3.87. The summed E-state index contributed by atoms with van der Waals surface area (Å²) in [5.41, 5.74) is 2.33. The van der Waals surface area contributed by atoms with Crippen molar-refractivity contribution in [3.8, 4) is 0 Å². The Morgan fingerprint density at radius 3 is 2.43 bits per heavy atom. The maximum atomic E-state index is 11.9. The van der Waals surface area contributed by atoms with Gasteiger partial charge in [0.1, 0.15) is 0 Å². The van der Waals surface area contributed by atoms with Crippen LogP contribution < -0.4 is 5.32 Å². The first-order chi connectivity index (χ1) is 10.1. The predicted octanol–water partition coefficient (Wildman–Crippen LogP) is 3.83. The molecular formula is C18H21NOS. The first kappa shape index (κ1) is 15.6. The van der Waals surface area contributed by atoms with E-state index in [0.29, 0.717) is 18.9 Å². The van der Waals surface area contributed by atoms with Crippen molar-refractivity contribution in [2.45, 2.75) is 30.6 Å². The van der Waals surface area contributed by atoms with Gasteiger partial charge in [-0.25, -0.2) is 0 Å². The van der Waals surface area contributed by atoms with E-state index in [1.165, 1.54) is 5.56 Å². The summed E-state index contributed by atoms with van der Waals surface area (Å²) in [6.45, 7) is 2.90. The van der Waals surface area contributed by atoms with Crippen molar-refractivity contribution in [1.29, 1.82) is 0 Å². The molecule has 0 heterocycles. The number of carbonyl (C=O) groups excluding carboxylic acids is 1. The highest BCUT2D eigenvalue weighted by atomic mass is 32.1. The molecule has 1 amide bonds. The van der Waals surface area contributed by atoms with Gasteiger partial charge in [-0.05, 0) is 35.6 Å². The van der Waals surface area contributed by atoms with Gasteiger partial charge >= 0.3 is 0 Å². The summed E-state index contributed by atoms with van der Waals surface area (Å²) < 4.78 is 0. The molecule has 0 saturated carbocycles. The summed E-state index contributed by atoms with van der Waals surface area (Å²) in [5.74, 6) is 0.525. The number of benzene rings is 2. The van der Waals surface area contributed by atoms with Gasteiger partial charge in [0.25, 0.3) is 0 Å². The molecule has 0 aromatic heterocycles.